The van der Waals surface area contributed by atoms with Crippen LogP contribution in [0.5, 0.6) is 5.75 Å². The van der Waals surface area contributed by atoms with Crippen molar-refractivity contribution in [1.29, 1.82) is 0 Å². The highest BCUT2D eigenvalue weighted by molar-refractivity contribution is 5.61. The number of non-ortho nitro benzene ring substituents is 1. The van der Waals surface area contributed by atoms with Crippen molar-refractivity contribution >= 4 is 11.8 Å². The van der Waals surface area contributed by atoms with Gasteiger partial charge in [-0.15, -0.1) is 0 Å². The van der Waals surface area contributed by atoms with Crippen molar-refractivity contribution in [2.45, 2.75) is 0 Å². The summed E-state index contributed by atoms with van der Waals surface area (Å²) in [6.07, 6.45) is 3.06. The molecule has 5 heteroatoms. The Morgan fingerprint density at radius 3 is 2.87 bits per heavy atom. The first-order chi connectivity index (χ1) is 7.19. The molecule has 0 saturated heterocycles. The van der Waals surface area contributed by atoms with E-state index in [1.54, 1.807) is 6.08 Å². The van der Waals surface area contributed by atoms with Crippen LogP contribution >= 0.6 is 0 Å². The number of aliphatic hydroxyl groups excluding tert-OH is 1. The van der Waals surface area contributed by atoms with Crippen molar-refractivity contribution in [1.82, 2.24) is 0 Å². The lowest BCUT2D eigenvalue weighted by molar-refractivity contribution is -0.384. The quantitative estimate of drug-likeness (QED) is 0.604. The van der Waals surface area contributed by atoms with E-state index >= 15 is 0 Å². The summed E-state index contributed by atoms with van der Waals surface area (Å²) in [5.41, 5.74) is 0.564. The van der Waals surface area contributed by atoms with Crippen LogP contribution in [0.1, 0.15) is 5.56 Å². The average Bonchev–Trinajstić information content (AvgIpc) is 2.25. The number of benzene rings is 1. The van der Waals surface area contributed by atoms with E-state index in [4.69, 9.17) is 9.84 Å². The zero-order valence-corrected chi connectivity index (χ0v) is 8.21. The minimum Gasteiger partial charge on any atom is -0.496 e. The van der Waals surface area contributed by atoms with Crippen LogP contribution in [0, 0.1) is 10.1 Å². The van der Waals surface area contributed by atoms with Crippen LogP contribution in [0.25, 0.3) is 6.08 Å². The summed E-state index contributed by atoms with van der Waals surface area (Å²) in [4.78, 5) is 10.0. The standard InChI is InChI=1S/C10H11NO4/c1-15-10-5-4-9(11(13)14)7-8(10)3-2-6-12/h2-5,7,12H,6H2,1H3. The molecule has 0 spiro atoms. The van der Waals surface area contributed by atoms with Crippen molar-refractivity contribution in [3.8, 4) is 5.75 Å². The first kappa shape index (κ1) is 11.2. The number of rotatable bonds is 4. The lowest BCUT2D eigenvalue weighted by atomic mass is 10.1. The van der Waals surface area contributed by atoms with Crippen molar-refractivity contribution < 1.29 is 14.8 Å². The van der Waals surface area contributed by atoms with E-state index in [9.17, 15) is 10.1 Å². The molecule has 0 amide bonds. The second-order valence-corrected chi connectivity index (χ2v) is 2.77. The Kier molecular flexibility index (Phi) is 3.82. The monoisotopic (exact) mass is 209 g/mol. The molecule has 80 valence electrons. The summed E-state index contributed by atoms with van der Waals surface area (Å²) in [7, 11) is 1.48. The molecule has 0 bridgehead atoms. The van der Waals surface area contributed by atoms with Crippen molar-refractivity contribution in [2.24, 2.45) is 0 Å². The molecule has 0 aliphatic rings. The first-order valence-corrected chi connectivity index (χ1v) is 4.29. The third-order valence-corrected chi connectivity index (χ3v) is 1.83. The number of hydrogen-bond donors (Lipinski definition) is 1. The van der Waals surface area contributed by atoms with E-state index in [1.165, 1.54) is 31.4 Å². The molecule has 5 nitrogen and oxygen atoms in total. The second-order valence-electron chi connectivity index (χ2n) is 2.77. The number of nitrogens with zero attached hydrogens (tertiary/aromatic N) is 1. The van der Waals surface area contributed by atoms with Crippen LogP contribution in [0.2, 0.25) is 0 Å². The number of nitro benzene ring substituents is 1. The summed E-state index contributed by atoms with van der Waals surface area (Å²) in [6.45, 7) is -0.119. The van der Waals surface area contributed by atoms with Gasteiger partial charge in [0.25, 0.3) is 5.69 Å². The first-order valence-electron chi connectivity index (χ1n) is 4.29. The van der Waals surface area contributed by atoms with Gasteiger partial charge >= 0.3 is 0 Å². The summed E-state index contributed by atoms with van der Waals surface area (Å²) >= 11 is 0. The lowest BCUT2D eigenvalue weighted by Crippen LogP contribution is -1.91. The SMILES string of the molecule is COc1ccc([N+](=O)[O-])cc1C=CCO. The maximum absolute atomic E-state index is 10.5. The molecular weight excluding hydrogens is 198 g/mol. The molecule has 1 aromatic carbocycles. The van der Waals surface area contributed by atoms with Gasteiger partial charge in [0, 0.05) is 17.7 Å². The van der Waals surface area contributed by atoms with Crippen molar-refractivity contribution in [2.75, 3.05) is 13.7 Å². The fourth-order valence-corrected chi connectivity index (χ4v) is 1.15. The maximum Gasteiger partial charge on any atom is 0.270 e. The van der Waals surface area contributed by atoms with Crippen LogP contribution in [0.4, 0.5) is 5.69 Å². The van der Waals surface area contributed by atoms with Gasteiger partial charge in [0.05, 0.1) is 18.6 Å². The minimum absolute atomic E-state index is 0.00612. The number of nitro groups is 1. The predicted molar refractivity (Wildman–Crippen MR) is 55.8 cm³/mol. The molecule has 0 unspecified atom stereocenters. The van der Waals surface area contributed by atoms with E-state index in [0.29, 0.717) is 11.3 Å². The van der Waals surface area contributed by atoms with Crippen LogP contribution < -0.4 is 4.74 Å². The zero-order chi connectivity index (χ0) is 11.3. The Labute approximate surface area is 86.8 Å². The van der Waals surface area contributed by atoms with Gasteiger partial charge in [-0.3, -0.25) is 10.1 Å². The van der Waals surface area contributed by atoms with Crippen LogP contribution in [-0.4, -0.2) is 23.7 Å². The van der Waals surface area contributed by atoms with Crippen LogP contribution in [-0.2, 0) is 0 Å². The molecule has 0 aliphatic heterocycles. The van der Waals surface area contributed by atoms with Crippen LogP contribution in [0.3, 0.4) is 0 Å². The van der Waals surface area contributed by atoms with Gasteiger partial charge in [0.15, 0.2) is 0 Å². The molecule has 0 saturated carbocycles. The molecule has 1 rings (SSSR count). The van der Waals surface area contributed by atoms with E-state index < -0.39 is 4.92 Å². The Balaban J connectivity index is 3.13. The zero-order valence-electron chi connectivity index (χ0n) is 8.21. The topological polar surface area (TPSA) is 72.6 Å². The van der Waals surface area contributed by atoms with Gasteiger partial charge in [-0.05, 0) is 6.07 Å². The molecule has 15 heavy (non-hydrogen) atoms. The van der Waals surface area contributed by atoms with Gasteiger partial charge in [0.2, 0.25) is 0 Å². The number of hydrogen-bond acceptors (Lipinski definition) is 4. The van der Waals surface area contributed by atoms with Crippen molar-refractivity contribution in [3.63, 3.8) is 0 Å². The number of methoxy groups -OCH3 is 1. The highest BCUT2D eigenvalue weighted by Crippen LogP contribution is 2.24. The predicted octanol–water partition coefficient (Wildman–Crippen LogP) is 1.61. The highest BCUT2D eigenvalue weighted by atomic mass is 16.6. The van der Waals surface area contributed by atoms with Crippen LogP contribution in [0.15, 0.2) is 24.3 Å². The van der Waals surface area contributed by atoms with Crippen molar-refractivity contribution in [3.05, 3.63) is 40.0 Å². The summed E-state index contributed by atoms with van der Waals surface area (Å²) < 4.78 is 5.02. The molecule has 0 atom stereocenters. The second kappa shape index (κ2) is 5.11. The van der Waals surface area contributed by atoms with E-state index in [0.717, 1.165) is 0 Å². The van der Waals surface area contributed by atoms with E-state index in [-0.39, 0.29) is 12.3 Å². The normalized spacial score (nSPS) is 10.5. The molecule has 0 fully saturated rings. The Morgan fingerprint density at radius 1 is 1.60 bits per heavy atom. The van der Waals surface area contributed by atoms with Gasteiger partial charge in [-0.25, -0.2) is 0 Å². The molecule has 0 aromatic heterocycles. The number of aliphatic hydroxyl groups is 1. The van der Waals surface area contributed by atoms with E-state index in [2.05, 4.69) is 0 Å². The molecule has 0 heterocycles. The summed E-state index contributed by atoms with van der Waals surface area (Å²) in [5, 5.41) is 19.1. The fourth-order valence-electron chi connectivity index (χ4n) is 1.15. The van der Waals surface area contributed by atoms with Gasteiger partial charge in [-0.1, -0.05) is 12.2 Å². The Hall–Kier alpha value is -1.88. The third-order valence-electron chi connectivity index (χ3n) is 1.83. The van der Waals surface area contributed by atoms with E-state index in [1.807, 2.05) is 0 Å². The average molecular weight is 209 g/mol. The largest absolute Gasteiger partial charge is 0.496 e. The summed E-state index contributed by atoms with van der Waals surface area (Å²) in [5.74, 6) is 0.533. The number of ether oxygens (including phenoxy) is 1. The van der Waals surface area contributed by atoms with Gasteiger partial charge in [0.1, 0.15) is 5.75 Å². The third kappa shape index (κ3) is 2.78. The molecule has 0 radical (unpaired) electrons. The summed E-state index contributed by atoms with van der Waals surface area (Å²) in [6, 6.07) is 4.29. The van der Waals surface area contributed by atoms with Gasteiger partial charge in [-0.2, -0.15) is 0 Å². The molecule has 1 aromatic rings. The Bertz CT molecular complexity index is 387. The highest BCUT2D eigenvalue weighted by Gasteiger charge is 2.08. The smallest absolute Gasteiger partial charge is 0.270 e. The fraction of sp³-hybridized carbons (Fsp3) is 0.200. The lowest BCUT2D eigenvalue weighted by Gasteiger charge is -2.03. The molecule has 1 N–H and O–H groups in total. The minimum atomic E-state index is -0.476. The van der Waals surface area contributed by atoms with Gasteiger partial charge < -0.3 is 9.84 Å². The Morgan fingerprint density at radius 2 is 2.33 bits per heavy atom. The molecule has 0 aliphatic carbocycles. The maximum atomic E-state index is 10.5. The molecular formula is C10H11NO4.